The first-order valence-corrected chi connectivity index (χ1v) is 8.64. The molecule has 138 valence electrons. The van der Waals surface area contributed by atoms with Crippen LogP contribution in [0.4, 0.5) is 0 Å². The van der Waals surface area contributed by atoms with E-state index in [1.165, 1.54) is 12.5 Å². The normalized spacial score (nSPS) is 19.9. The quantitative estimate of drug-likeness (QED) is 0.780. The van der Waals surface area contributed by atoms with Crippen molar-refractivity contribution in [2.75, 3.05) is 26.7 Å². The fourth-order valence-electron chi connectivity index (χ4n) is 3.15. The molecule has 7 nitrogen and oxygen atoms in total. The van der Waals surface area contributed by atoms with Crippen LogP contribution in [0, 0.1) is 0 Å². The Kier molecular flexibility index (Phi) is 5.91. The number of para-hydroxylation sites is 1. The molecule has 1 aromatic carbocycles. The molecular formula is C19H23N3O4. The molecule has 2 atom stereocenters. The van der Waals surface area contributed by atoms with Crippen LogP contribution in [0.2, 0.25) is 0 Å². The van der Waals surface area contributed by atoms with E-state index in [-0.39, 0.29) is 23.9 Å². The third kappa shape index (κ3) is 4.43. The first-order chi connectivity index (χ1) is 12.7. The van der Waals surface area contributed by atoms with Crippen LogP contribution in [-0.4, -0.2) is 55.5 Å². The van der Waals surface area contributed by atoms with E-state index in [1.807, 2.05) is 35.2 Å². The SMILES string of the molecule is CNC(=O)[C@@H]1C[C@@H](NC(=O)c2ccoc2)CN1CCOc1ccccc1. The number of likely N-dealkylation sites (N-methyl/N-ethyl adjacent to an activating group) is 1. The second-order valence-electron chi connectivity index (χ2n) is 6.20. The largest absolute Gasteiger partial charge is 0.492 e. The van der Waals surface area contributed by atoms with Gasteiger partial charge in [0, 0.05) is 26.2 Å². The van der Waals surface area contributed by atoms with Crippen LogP contribution >= 0.6 is 0 Å². The number of carbonyl (C=O) groups is 2. The minimum atomic E-state index is -0.283. The predicted octanol–water partition coefficient (Wildman–Crippen LogP) is 1.28. The van der Waals surface area contributed by atoms with E-state index in [2.05, 4.69) is 10.6 Å². The van der Waals surface area contributed by atoms with Crippen LogP contribution in [0.1, 0.15) is 16.8 Å². The van der Waals surface area contributed by atoms with E-state index in [1.54, 1.807) is 13.1 Å². The van der Waals surface area contributed by atoms with Crippen LogP contribution in [0.25, 0.3) is 0 Å². The fourth-order valence-corrected chi connectivity index (χ4v) is 3.15. The summed E-state index contributed by atoms with van der Waals surface area (Å²) in [6.45, 7) is 1.67. The van der Waals surface area contributed by atoms with Crippen LogP contribution in [0.15, 0.2) is 53.3 Å². The number of hydrogen-bond acceptors (Lipinski definition) is 5. The lowest BCUT2D eigenvalue weighted by Gasteiger charge is -2.22. The fraction of sp³-hybridized carbons (Fsp3) is 0.368. The van der Waals surface area contributed by atoms with E-state index < -0.39 is 0 Å². The lowest BCUT2D eigenvalue weighted by molar-refractivity contribution is -0.125. The van der Waals surface area contributed by atoms with Crippen molar-refractivity contribution in [1.82, 2.24) is 15.5 Å². The summed E-state index contributed by atoms with van der Waals surface area (Å²) >= 11 is 0. The van der Waals surface area contributed by atoms with Crippen LogP contribution in [0.5, 0.6) is 5.75 Å². The number of carbonyl (C=O) groups excluding carboxylic acids is 2. The summed E-state index contributed by atoms with van der Waals surface area (Å²) in [6.07, 6.45) is 3.44. The number of hydrogen-bond donors (Lipinski definition) is 2. The van der Waals surface area contributed by atoms with Gasteiger partial charge in [-0.1, -0.05) is 18.2 Å². The Bertz CT molecular complexity index is 718. The number of nitrogens with zero attached hydrogens (tertiary/aromatic N) is 1. The van der Waals surface area contributed by atoms with Gasteiger partial charge in [-0.05, 0) is 24.6 Å². The molecule has 2 N–H and O–H groups in total. The molecule has 1 fully saturated rings. The molecule has 3 rings (SSSR count). The van der Waals surface area contributed by atoms with E-state index in [0.29, 0.717) is 31.7 Å². The Morgan fingerprint density at radius 3 is 2.77 bits per heavy atom. The molecular weight excluding hydrogens is 334 g/mol. The highest BCUT2D eigenvalue weighted by atomic mass is 16.5. The summed E-state index contributed by atoms with van der Waals surface area (Å²) in [4.78, 5) is 26.4. The molecule has 2 heterocycles. The molecule has 7 heteroatoms. The molecule has 2 amide bonds. The van der Waals surface area contributed by atoms with Gasteiger partial charge in [-0.3, -0.25) is 14.5 Å². The number of benzene rings is 1. The summed E-state index contributed by atoms with van der Waals surface area (Å²) in [7, 11) is 1.62. The van der Waals surface area contributed by atoms with Crippen molar-refractivity contribution in [2.24, 2.45) is 0 Å². The van der Waals surface area contributed by atoms with E-state index in [0.717, 1.165) is 5.75 Å². The molecule has 1 aliphatic rings. The van der Waals surface area contributed by atoms with Gasteiger partial charge in [0.2, 0.25) is 5.91 Å². The number of furan rings is 1. The molecule has 0 saturated carbocycles. The number of likely N-dealkylation sites (tertiary alicyclic amines) is 1. The highest BCUT2D eigenvalue weighted by molar-refractivity contribution is 5.94. The first kappa shape index (κ1) is 18.0. The zero-order valence-electron chi connectivity index (χ0n) is 14.7. The molecule has 0 unspecified atom stereocenters. The van der Waals surface area contributed by atoms with Crippen molar-refractivity contribution in [1.29, 1.82) is 0 Å². The Hall–Kier alpha value is -2.80. The van der Waals surface area contributed by atoms with Crippen molar-refractivity contribution in [3.63, 3.8) is 0 Å². The van der Waals surface area contributed by atoms with E-state index in [9.17, 15) is 9.59 Å². The van der Waals surface area contributed by atoms with Crippen LogP contribution in [-0.2, 0) is 4.79 Å². The van der Waals surface area contributed by atoms with Crippen molar-refractivity contribution in [2.45, 2.75) is 18.5 Å². The smallest absolute Gasteiger partial charge is 0.254 e. The monoisotopic (exact) mass is 357 g/mol. The van der Waals surface area contributed by atoms with Gasteiger partial charge in [-0.2, -0.15) is 0 Å². The molecule has 0 spiro atoms. The average Bonchev–Trinajstić information content (AvgIpc) is 3.32. The summed E-state index contributed by atoms with van der Waals surface area (Å²) < 4.78 is 10.7. The topological polar surface area (TPSA) is 83.8 Å². The average molecular weight is 357 g/mol. The second-order valence-corrected chi connectivity index (χ2v) is 6.20. The first-order valence-electron chi connectivity index (χ1n) is 8.64. The van der Waals surface area contributed by atoms with Gasteiger partial charge in [-0.25, -0.2) is 0 Å². The van der Waals surface area contributed by atoms with Gasteiger partial charge < -0.3 is 19.8 Å². The minimum absolute atomic E-state index is 0.0511. The summed E-state index contributed by atoms with van der Waals surface area (Å²) in [5, 5.41) is 5.66. The molecule has 1 aliphatic heterocycles. The molecule has 0 aliphatic carbocycles. The molecule has 1 aromatic heterocycles. The highest BCUT2D eigenvalue weighted by Crippen LogP contribution is 2.19. The number of ether oxygens (including phenoxy) is 1. The van der Waals surface area contributed by atoms with Gasteiger partial charge in [0.05, 0.1) is 17.9 Å². The van der Waals surface area contributed by atoms with E-state index in [4.69, 9.17) is 9.15 Å². The van der Waals surface area contributed by atoms with Crippen LogP contribution < -0.4 is 15.4 Å². The Labute approximate surface area is 152 Å². The number of rotatable bonds is 7. The zero-order valence-corrected chi connectivity index (χ0v) is 14.7. The zero-order chi connectivity index (χ0) is 18.4. The molecule has 2 aromatic rings. The number of amides is 2. The van der Waals surface area contributed by atoms with Crippen molar-refractivity contribution >= 4 is 11.8 Å². The highest BCUT2D eigenvalue weighted by Gasteiger charge is 2.36. The minimum Gasteiger partial charge on any atom is -0.492 e. The second kappa shape index (κ2) is 8.53. The lowest BCUT2D eigenvalue weighted by Crippen LogP contribution is -2.43. The van der Waals surface area contributed by atoms with Crippen LogP contribution in [0.3, 0.4) is 0 Å². The molecule has 0 radical (unpaired) electrons. The predicted molar refractivity (Wildman–Crippen MR) is 95.9 cm³/mol. The maximum Gasteiger partial charge on any atom is 0.254 e. The summed E-state index contributed by atoms with van der Waals surface area (Å²) in [5.41, 5.74) is 0.479. The Morgan fingerprint density at radius 1 is 1.27 bits per heavy atom. The molecule has 0 bridgehead atoms. The number of nitrogens with one attached hydrogen (secondary N) is 2. The Balaban J connectivity index is 1.56. The third-order valence-corrected chi connectivity index (χ3v) is 4.46. The Morgan fingerprint density at radius 2 is 2.08 bits per heavy atom. The van der Waals surface area contributed by atoms with Gasteiger partial charge in [-0.15, -0.1) is 0 Å². The third-order valence-electron chi connectivity index (χ3n) is 4.46. The van der Waals surface area contributed by atoms with Crippen molar-refractivity contribution < 1.29 is 18.7 Å². The van der Waals surface area contributed by atoms with Crippen molar-refractivity contribution in [3.8, 4) is 5.75 Å². The summed E-state index contributed by atoms with van der Waals surface area (Å²) in [5.74, 6) is 0.555. The van der Waals surface area contributed by atoms with E-state index >= 15 is 0 Å². The van der Waals surface area contributed by atoms with Gasteiger partial charge in [0.25, 0.3) is 5.91 Å². The standard InChI is InChI=1S/C19H23N3O4/c1-20-19(24)17-11-15(21-18(23)14-7-9-25-13-14)12-22(17)8-10-26-16-5-3-2-4-6-16/h2-7,9,13,15,17H,8,10-12H2,1H3,(H,20,24)(H,21,23)/t15-,17+/m1/s1. The van der Waals surface area contributed by atoms with Gasteiger partial charge >= 0.3 is 0 Å². The lowest BCUT2D eigenvalue weighted by atomic mass is 10.1. The molecule has 1 saturated heterocycles. The molecule has 26 heavy (non-hydrogen) atoms. The maximum absolute atomic E-state index is 12.2. The maximum atomic E-state index is 12.2. The van der Waals surface area contributed by atoms with Crippen molar-refractivity contribution in [3.05, 3.63) is 54.5 Å². The van der Waals surface area contributed by atoms with Gasteiger partial charge in [0.1, 0.15) is 18.6 Å². The summed E-state index contributed by atoms with van der Waals surface area (Å²) in [6, 6.07) is 10.8. The van der Waals surface area contributed by atoms with Gasteiger partial charge in [0.15, 0.2) is 0 Å².